The molecule has 2 fully saturated rings. The maximum absolute atomic E-state index is 12.1. The van der Waals surface area contributed by atoms with Gasteiger partial charge in [-0.1, -0.05) is 13.5 Å². The van der Waals surface area contributed by atoms with E-state index in [-0.39, 0.29) is 18.4 Å². The summed E-state index contributed by atoms with van der Waals surface area (Å²) in [7, 11) is 0.902. The molecule has 10 nitrogen and oxygen atoms in total. The molecule has 0 aliphatic heterocycles. The minimum Gasteiger partial charge on any atom is -0.355 e. The first-order valence-electron chi connectivity index (χ1n) is 14.1. The van der Waals surface area contributed by atoms with Crippen molar-refractivity contribution in [1.29, 1.82) is 0 Å². The summed E-state index contributed by atoms with van der Waals surface area (Å²) in [5.74, 6) is 2.73. The summed E-state index contributed by atoms with van der Waals surface area (Å²) < 4.78 is 12.0. The highest BCUT2D eigenvalue weighted by atomic mass is 32.2. The number of hydrogen-bond donors (Lipinski definition) is 1. The Morgan fingerprint density at radius 2 is 1.88 bits per heavy atom. The second kappa shape index (κ2) is 13.4. The van der Waals surface area contributed by atoms with Gasteiger partial charge in [-0.05, 0) is 64.9 Å². The molecule has 2 aromatic rings. The molecule has 0 radical (unpaired) electrons. The molecule has 11 heteroatoms. The number of nitrogens with one attached hydrogen (secondary N) is 1. The van der Waals surface area contributed by atoms with Crippen LogP contribution in [0.15, 0.2) is 51.5 Å². The minimum atomic E-state index is -1.13. The summed E-state index contributed by atoms with van der Waals surface area (Å²) in [5, 5.41) is 3.24. The van der Waals surface area contributed by atoms with Crippen molar-refractivity contribution in [3.05, 3.63) is 59.3 Å². The molecular formula is C30H40N8O2S. The van der Waals surface area contributed by atoms with E-state index in [0.717, 1.165) is 35.4 Å². The molecule has 2 heterocycles. The number of aldehydes is 1. The van der Waals surface area contributed by atoms with Crippen molar-refractivity contribution in [3.63, 3.8) is 0 Å². The van der Waals surface area contributed by atoms with Crippen LogP contribution in [0.3, 0.4) is 0 Å². The van der Waals surface area contributed by atoms with Gasteiger partial charge < -0.3 is 10.2 Å². The van der Waals surface area contributed by atoms with Crippen LogP contribution in [0, 0.1) is 12.8 Å². The number of aryl methyl sites for hydroxylation is 1. The summed E-state index contributed by atoms with van der Waals surface area (Å²) in [6.07, 6.45) is 9.96. The molecule has 1 N–H and O–H groups in total. The fraction of sp³-hybridized carbons (Fsp3) is 0.500. The Labute approximate surface area is 245 Å². The molecular weight excluding hydrogens is 536 g/mol. The van der Waals surface area contributed by atoms with Gasteiger partial charge in [-0.15, -0.1) is 0 Å². The molecule has 41 heavy (non-hydrogen) atoms. The van der Waals surface area contributed by atoms with E-state index >= 15 is 0 Å². The largest absolute Gasteiger partial charge is 0.355 e. The molecule has 2 aliphatic rings. The van der Waals surface area contributed by atoms with Crippen LogP contribution in [-0.4, -0.2) is 65.8 Å². The minimum absolute atomic E-state index is 0.0922. The second-order valence-electron chi connectivity index (χ2n) is 10.9. The fourth-order valence-corrected chi connectivity index (χ4v) is 5.28. The number of carbonyl (C=O) groups is 1. The Kier molecular flexibility index (Phi) is 9.90. The first-order valence-corrected chi connectivity index (χ1v) is 15.4. The molecule has 0 spiro atoms. The Morgan fingerprint density at radius 3 is 2.44 bits per heavy atom. The summed E-state index contributed by atoms with van der Waals surface area (Å²) in [6, 6.07) is 0.242. The van der Waals surface area contributed by atoms with Gasteiger partial charge in [0.15, 0.2) is 18.0 Å². The predicted molar refractivity (Wildman–Crippen MR) is 163 cm³/mol. The van der Waals surface area contributed by atoms with Crippen LogP contribution in [0.25, 0.3) is 5.70 Å². The molecule has 2 atom stereocenters. The first kappa shape index (κ1) is 30.4. The molecule has 2 unspecified atom stereocenters. The first-order chi connectivity index (χ1) is 19.6. The average molecular weight is 577 g/mol. The van der Waals surface area contributed by atoms with Crippen LogP contribution in [0.5, 0.6) is 0 Å². The molecule has 4 rings (SSSR count). The SMILES string of the molecule is C=C(N=C(C(NC(C=O)=NCc1ncc(S(=O)CC)cn1)=C(C)C)N(C)C(C)C1CC1)c1c(C)ncnc1C1CC1. The lowest BCUT2D eigenvalue weighted by Crippen LogP contribution is -2.42. The number of aliphatic imine (C=N–C) groups is 2. The second-order valence-corrected chi connectivity index (χ2v) is 12.6. The highest BCUT2D eigenvalue weighted by Crippen LogP contribution is 2.42. The smallest absolute Gasteiger partial charge is 0.185 e. The van der Waals surface area contributed by atoms with Crippen molar-refractivity contribution < 1.29 is 9.00 Å². The van der Waals surface area contributed by atoms with Gasteiger partial charge in [-0.3, -0.25) is 14.0 Å². The summed E-state index contributed by atoms with van der Waals surface area (Å²) in [5.41, 5.74) is 4.96. The number of aromatic nitrogens is 4. The highest BCUT2D eigenvalue weighted by molar-refractivity contribution is 7.85. The molecule has 218 valence electrons. The standard InChI is InChI=1S/C30H40N8O2S/c1-8-41(40)24-13-31-25(32-14-24)15-33-26(16-39)37-28(18(2)3)30(38(7)21(6)22-9-10-22)36-20(5)27-19(4)34-17-35-29(27)23-11-12-23/h13-14,16-17,21-23H,5,8-12,15H2,1-4,6-7H3,(H,33,37). The van der Waals surface area contributed by atoms with E-state index in [2.05, 4.69) is 48.6 Å². The number of rotatable bonds is 12. The van der Waals surface area contributed by atoms with Gasteiger partial charge in [-0.2, -0.15) is 0 Å². The van der Waals surface area contributed by atoms with Gasteiger partial charge in [-0.25, -0.2) is 24.9 Å². The Morgan fingerprint density at radius 1 is 1.20 bits per heavy atom. The zero-order chi connectivity index (χ0) is 29.7. The number of hydrogen-bond acceptors (Lipinski definition) is 8. The molecule has 0 bridgehead atoms. The molecule has 2 saturated carbocycles. The van der Waals surface area contributed by atoms with Crippen LogP contribution in [-0.2, 0) is 22.1 Å². The Bertz CT molecular complexity index is 1400. The van der Waals surface area contributed by atoms with Gasteiger partial charge >= 0.3 is 0 Å². The van der Waals surface area contributed by atoms with E-state index < -0.39 is 10.8 Å². The van der Waals surface area contributed by atoms with Crippen molar-refractivity contribution in [2.24, 2.45) is 15.9 Å². The maximum atomic E-state index is 12.1. The number of nitrogens with zero attached hydrogens (tertiary/aromatic N) is 7. The zero-order valence-corrected chi connectivity index (χ0v) is 25.7. The third kappa shape index (κ3) is 7.58. The van der Waals surface area contributed by atoms with E-state index in [1.165, 1.54) is 12.8 Å². The van der Waals surface area contributed by atoms with E-state index in [4.69, 9.17) is 4.99 Å². The lowest BCUT2D eigenvalue weighted by molar-refractivity contribution is -0.102. The summed E-state index contributed by atoms with van der Waals surface area (Å²) in [4.78, 5) is 42.0. The third-order valence-electron chi connectivity index (χ3n) is 7.49. The molecule has 2 aromatic heterocycles. The monoisotopic (exact) mass is 576 g/mol. The molecule has 0 saturated heterocycles. The quantitative estimate of drug-likeness (QED) is 0.224. The predicted octanol–water partition coefficient (Wildman–Crippen LogP) is 4.36. The van der Waals surface area contributed by atoms with Crippen molar-refractivity contribution in [2.45, 2.75) is 83.7 Å². The fourth-order valence-electron chi connectivity index (χ4n) is 4.60. The van der Waals surface area contributed by atoms with E-state index in [1.54, 1.807) is 18.7 Å². The van der Waals surface area contributed by atoms with Gasteiger partial charge in [0.05, 0.1) is 38.5 Å². The van der Waals surface area contributed by atoms with Crippen molar-refractivity contribution in [1.82, 2.24) is 30.2 Å². The lowest BCUT2D eigenvalue weighted by atomic mass is 10.1. The van der Waals surface area contributed by atoms with E-state index in [1.807, 2.05) is 34.7 Å². The number of amidine groups is 2. The van der Waals surface area contributed by atoms with Crippen LogP contribution < -0.4 is 5.32 Å². The lowest BCUT2D eigenvalue weighted by Gasteiger charge is -2.31. The maximum Gasteiger partial charge on any atom is 0.185 e. The van der Waals surface area contributed by atoms with Crippen molar-refractivity contribution in [2.75, 3.05) is 12.8 Å². The zero-order valence-electron chi connectivity index (χ0n) is 24.8. The normalized spacial score (nSPS) is 17.0. The number of carbonyl (C=O) groups excluding carboxylic acids is 1. The Hall–Kier alpha value is -3.60. The number of allylic oxidation sites excluding steroid dienone is 1. The van der Waals surface area contributed by atoms with Crippen molar-refractivity contribution >= 4 is 34.5 Å². The average Bonchev–Trinajstić information content (AvgIpc) is 3.89. The molecule has 2 aliphatic carbocycles. The Balaban J connectivity index is 1.65. The van der Waals surface area contributed by atoms with Crippen LogP contribution in [0.1, 0.15) is 82.1 Å². The summed E-state index contributed by atoms with van der Waals surface area (Å²) >= 11 is 0. The van der Waals surface area contributed by atoms with Gasteiger partial charge in [0.2, 0.25) is 0 Å². The molecule has 0 amide bonds. The van der Waals surface area contributed by atoms with E-state index in [0.29, 0.717) is 51.8 Å². The van der Waals surface area contributed by atoms with Crippen LogP contribution in [0.2, 0.25) is 0 Å². The van der Waals surface area contributed by atoms with Gasteiger partial charge in [0, 0.05) is 42.7 Å². The molecule has 0 aromatic carbocycles. The number of likely N-dealkylation sites (N-methyl/N-ethyl adjacent to an activating group) is 1. The third-order valence-corrected chi connectivity index (χ3v) is 8.76. The topological polar surface area (TPSA) is 126 Å². The van der Waals surface area contributed by atoms with Crippen molar-refractivity contribution in [3.8, 4) is 0 Å². The van der Waals surface area contributed by atoms with Gasteiger partial charge in [0.1, 0.15) is 18.7 Å². The highest BCUT2D eigenvalue weighted by Gasteiger charge is 2.34. The van der Waals surface area contributed by atoms with E-state index in [9.17, 15) is 9.00 Å². The van der Waals surface area contributed by atoms with Gasteiger partial charge in [0.25, 0.3) is 0 Å². The van der Waals surface area contributed by atoms with Crippen LogP contribution >= 0.6 is 0 Å². The summed E-state index contributed by atoms with van der Waals surface area (Å²) in [6.45, 7) is 14.4. The van der Waals surface area contributed by atoms with Crippen LogP contribution in [0.4, 0.5) is 0 Å².